The normalized spacial score (nSPS) is 16.2. The van der Waals surface area contributed by atoms with E-state index in [-0.39, 0.29) is 11.6 Å². The first-order valence-electron chi connectivity index (χ1n) is 6.87. The molecule has 0 amide bonds. The van der Waals surface area contributed by atoms with E-state index in [2.05, 4.69) is 15.8 Å². The van der Waals surface area contributed by atoms with E-state index in [0.717, 1.165) is 19.5 Å². The summed E-state index contributed by atoms with van der Waals surface area (Å²) in [6, 6.07) is 4.93. The molecule has 0 unspecified atom stereocenters. The highest BCUT2D eigenvalue weighted by atomic mass is 32.2. The summed E-state index contributed by atoms with van der Waals surface area (Å²) in [7, 11) is -3.72. The summed E-state index contributed by atoms with van der Waals surface area (Å²) in [5.41, 5.74) is -1.11. The highest BCUT2D eigenvalue weighted by Gasteiger charge is 2.21. The SMILES string of the molecule is CC(C)(O)CNS(=O)(=O)c1cccc(N2CC=CCC2)n1. The fourth-order valence-electron chi connectivity index (χ4n) is 1.92. The number of hydrogen-bond acceptors (Lipinski definition) is 5. The van der Waals surface area contributed by atoms with Crippen LogP contribution in [-0.2, 0) is 10.0 Å². The Morgan fingerprint density at radius 3 is 2.76 bits per heavy atom. The summed E-state index contributed by atoms with van der Waals surface area (Å²) in [5.74, 6) is 0.644. The van der Waals surface area contributed by atoms with Gasteiger partial charge in [0.25, 0.3) is 10.0 Å². The topological polar surface area (TPSA) is 82.5 Å². The van der Waals surface area contributed by atoms with Crippen LogP contribution in [0.5, 0.6) is 0 Å². The molecule has 2 rings (SSSR count). The maximum absolute atomic E-state index is 12.2. The molecule has 0 aliphatic carbocycles. The Labute approximate surface area is 125 Å². The van der Waals surface area contributed by atoms with E-state index < -0.39 is 15.6 Å². The Morgan fingerprint density at radius 2 is 2.14 bits per heavy atom. The van der Waals surface area contributed by atoms with Gasteiger partial charge >= 0.3 is 0 Å². The lowest BCUT2D eigenvalue weighted by Crippen LogP contribution is -2.38. The zero-order valence-corrected chi connectivity index (χ0v) is 13.1. The van der Waals surface area contributed by atoms with E-state index in [0.29, 0.717) is 5.82 Å². The minimum atomic E-state index is -3.72. The van der Waals surface area contributed by atoms with Crippen molar-refractivity contribution in [1.82, 2.24) is 9.71 Å². The van der Waals surface area contributed by atoms with Crippen molar-refractivity contribution in [2.24, 2.45) is 0 Å². The maximum atomic E-state index is 12.2. The van der Waals surface area contributed by atoms with Crippen molar-refractivity contribution in [2.45, 2.75) is 30.9 Å². The van der Waals surface area contributed by atoms with Gasteiger partial charge in [0, 0.05) is 19.6 Å². The molecular formula is C14H21N3O3S. The summed E-state index contributed by atoms with van der Waals surface area (Å²) in [5, 5.41) is 9.59. The van der Waals surface area contributed by atoms with Crippen LogP contribution in [0.4, 0.5) is 5.82 Å². The molecule has 0 atom stereocenters. The Kier molecular flexibility index (Phi) is 4.65. The van der Waals surface area contributed by atoms with Crippen LogP contribution in [0.15, 0.2) is 35.4 Å². The van der Waals surface area contributed by atoms with Crippen molar-refractivity contribution in [3.05, 3.63) is 30.4 Å². The number of aliphatic hydroxyl groups is 1. The number of pyridine rings is 1. The van der Waals surface area contributed by atoms with E-state index in [1.807, 2.05) is 11.0 Å². The Balaban J connectivity index is 2.18. The zero-order chi connectivity index (χ0) is 15.5. The predicted octanol–water partition coefficient (Wildman–Crippen LogP) is 0.897. The molecule has 6 nitrogen and oxygen atoms in total. The Morgan fingerprint density at radius 1 is 1.38 bits per heavy atom. The van der Waals surface area contributed by atoms with Crippen LogP contribution in [0.1, 0.15) is 20.3 Å². The number of nitrogens with zero attached hydrogens (tertiary/aromatic N) is 2. The molecule has 0 aromatic carbocycles. The minimum absolute atomic E-state index is 0.0289. The van der Waals surface area contributed by atoms with Crippen molar-refractivity contribution in [3.8, 4) is 0 Å². The van der Waals surface area contributed by atoms with E-state index in [1.165, 1.54) is 6.07 Å². The van der Waals surface area contributed by atoms with Crippen LogP contribution in [0.3, 0.4) is 0 Å². The molecule has 2 heterocycles. The van der Waals surface area contributed by atoms with Gasteiger partial charge in [-0.25, -0.2) is 18.1 Å². The number of aromatic nitrogens is 1. The lowest BCUT2D eigenvalue weighted by molar-refractivity contribution is 0.0857. The fraction of sp³-hybridized carbons (Fsp3) is 0.500. The van der Waals surface area contributed by atoms with Crippen LogP contribution < -0.4 is 9.62 Å². The van der Waals surface area contributed by atoms with Gasteiger partial charge in [0.15, 0.2) is 5.03 Å². The lowest BCUT2D eigenvalue weighted by Gasteiger charge is -2.24. The van der Waals surface area contributed by atoms with Gasteiger partial charge in [-0.15, -0.1) is 0 Å². The molecule has 2 N–H and O–H groups in total. The molecule has 1 aliphatic heterocycles. The first-order chi connectivity index (χ1) is 9.78. The summed E-state index contributed by atoms with van der Waals surface area (Å²) in [6.07, 6.45) is 5.07. The van der Waals surface area contributed by atoms with Crippen LogP contribution in [0.2, 0.25) is 0 Å². The zero-order valence-electron chi connectivity index (χ0n) is 12.3. The quantitative estimate of drug-likeness (QED) is 0.789. The van der Waals surface area contributed by atoms with Crippen molar-refractivity contribution >= 4 is 15.8 Å². The number of rotatable bonds is 5. The largest absolute Gasteiger partial charge is 0.389 e. The molecule has 116 valence electrons. The van der Waals surface area contributed by atoms with Gasteiger partial charge in [-0.1, -0.05) is 18.2 Å². The second kappa shape index (κ2) is 6.13. The third-order valence-corrected chi connectivity index (χ3v) is 4.36. The number of nitrogens with one attached hydrogen (secondary N) is 1. The average molecular weight is 311 g/mol. The van der Waals surface area contributed by atoms with E-state index in [4.69, 9.17) is 0 Å². The van der Waals surface area contributed by atoms with Crippen molar-refractivity contribution in [2.75, 3.05) is 24.5 Å². The Bertz CT molecular complexity index is 621. The molecular weight excluding hydrogens is 290 g/mol. The lowest BCUT2D eigenvalue weighted by atomic mass is 10.1. The van der Waals surface area contributed by atoms with E-state index in [9.17, 15) is 13.5 Å². The van der Waals surface area contributed by atoms with Gasteiger partial charge in [-0.2, -0.15) is 0 Å². The second-order valence-corrected chi connectivity index (χ2v) is 7.39. The van der Waals surface area contributed by atoms with E-state index >= 15 is 0 Å². The van der Waals surface area contributed by atoms with E-state index in [1.54, 1.807) is 26.0 Å². The molecule has 0 saturated carbocycles. The van der Waals surface area contributed by atoms with Crippen LogP contribution in [-0.4, -0.2) is 43.7 Å². The first-order valence-corrected chi connectivity index (χ1v) is 8.35. The smallest absolute Gasteiger partial charge is 0.258 e. The molecule has 0 saturated heterocycles. The number of anilines is 1. The molecule has 1 aliphatic rings. The molecule has 0 fully saturated rings. The van der Waals surface area contributed by atoms with Gasteiger partial charge in [-0.05, 0) is 32.4 Å². The molecule has 1 aromatic heterocycles. The van der Waals surface area contributed by atoms with Gasteiger partial charge in [0.05, 0.1) is 5.60 Å². The number of sulfonamides is 1. The standard InChI is InChI=1S/C14H21N3O3S/c1-14(2,18)11-15-21(19,20)13-8-6-7-12(16-13)17-9-4-3-5-10-17/h3-4,6-8,15,18H,5,9-11H2,1-2H3. The summed E-state index contributed by atoms with van der Waals surface area (Å²) in [6.45, 7) is 4.57. The highest BCUT2D eigenvalue weighted by Crippen LogP contribution is 2.17. The molecule has 0 radical (unpaired) electrons. The van der Waals surface area contributed by atoms with Gasteiger partial charge in [0.2, 0.25) is 0 Å². The molecule has 1 aromatic rings. The Hall–Kier alpha value is -1.44. The summed E-state index contributed by atoms with van der Waals surface area (Å²) < 4.78 is 26.8. The van der Waals surface area contributed by atoms with Crippen molar-refractivity contribution < 1.29 is 13.5 Å². The third-order valence-electron chi connectivity index (χ3n) is 3.06. The molecule has 0 spiro atoms. The molecule has 7 heteroatoms. The third kappa shape index (κ3) is 4.52. The highest BCUT2D eigenvalue weighted by molar-refractivity contribution is 7.89. The van der Waals surface area contributed by atoms with Crippen molar-refractivity contribution in [3.63, 3.8) is 0 Å². The monoisotopic (exact) mass is 311 g/mol. The predicted molar refractivity (Wildman–Crippen MR) is 81.7 cm³/mol. The second-order valence-electron chi connectivity index (χ2n) is 5.68. The van der Waals surface area contributed by atoms with Crippen LogP contribution >= 0.6 is 0 Å². The van der Waals surface area contributed by atoms with Gasteiger partial charge in [-0.3, -0.25) is 0 Å². The molecule has 21 heavy (non-hydrogen) atoms. The van der Waals surface area contributed by atoms with Crippen molar-refractivity contribution in [1.29, 1.82) is 0 Å². The minimum Gasteiger partial charge on any atom is -0.389 e. The summed E-state index contributed by atoms with van der Waals surface area (Å²) in [4.78, 5) is 6.25. The summed E-state index contributed by atoms with van der Waals surface area (Å²) >= 11 is 0. The van der Waals surface area contributed by atoms with Gasteiger partial charge in [0.1, 0.15) is 5.82 Å². The number of hydrogen-bond donors (Lipinski definition) is 2. The average Bonchev–Trinajstić information content (AvgIpc) is 2.46. The van der Waals surface area contributed by atoms with Gasteiger partial charge < -0.3 is 10.0 Å². The molecule has 0 bridgehead atoms. The first kappa shape index (κ1) is 15.9. The fourth-order valence-corrected chi connectivity index (χ4v) is 3.09. The maximum Gasteiger partial charge on any atom is 0.258 e. The van der Waals surface area contributed by atoms with Crippen LogP contribution in [0.25, 0.3) is 0 Å². The van der Waals surface area contributed by atoms with Crippen LogP contribution in [0, 0.1) is 0 Å².